The highest BCUT2D eigenvalue weighted by Gasteiger charge is 2.51. The normalized spacial score (nSPS) is 19.8. The molecule has 0 radical (unpaired) electrons. The van der Waals surface area contributed by atoms with Gasteiger partial charge in [-0.15, -0.1) is 0 Å². The van der Waals surface area contributed by atoms with Crippen LogP contribution in [0.25, 0.3) is 17.0 Å². The maximum absolute atomic E-state index is 13.2. The zero-order chi connectivity index (χ0) is 20.6. The van der Waals surface area contributed by atoms with Gasteiger partial charge in [-0.2, -0.15) is 13.2 Å². The van der Waals surface area contributed by atoms with Crippen LogP contribution in [0.4, 0.5) is 19.0 Å². The average Bonchev–Trinajstić information content (AvgIpc) is 3.11. The second-order valence-electron chi connectivity index (χ2n) is 7.34. The summed E-state index contributed by atoms with van der Waals surface area (Å²) in [6.45, 7) is 2.56. The standard InChI is InChI=1S/C19H21F3N6O/c1-18(29,19(20,21)22)12-4-5-17-25-9-15(28(17)11-12)14-8-24-10-16(27-14)26-13-3-2-6-23-7-13/h4-5,8-11,13,23,29H,2-3,6-7H2,1H3,(H,26,27)/t13?,18-/m0/s1. The lowest BCUT2D eigenvalue weighted by Gasteiger charge is -2.26. The highest BCUT2D eigenvalue weighted by atomic mass is 19.4. The number of rotatable bonds is 4. The third-order valence-electron chi connectivity index (χ3n) is 5.17. The third kappa shape index (κ3) is 3.77. The van der Waals surface area contributed by atoms with E-state index in [1.54, 1.807) is 6.20 Å². The Morgan fingerprint density at radius 2 is 2.07 bits per heavy atom. The van der Waals surface area contributed by atoms with Gasteiger partial charge in [-0.3, -0.25) is 9.38 Å². The van der Waals surface area contributed by atoms with Crippen molar-refractivity contribution in [3.8, 4) is 11.4 Å². The molecule has 0 aliphatic carbocycles. The van der Waals surface area contributed by atoms with Crippen LogP contribution in [-0.4, -0.2) is 49.8 Å². The maximum Gasteiger partial charge on any atom is 0.421 e. The van der Waals surface area contributed by atoms with Crippen molar-refractivity contribution in [2.24, 2.45) is 0 Å². The minimum atomic E-state index is -4.81. The summed E-state index contributed by atoms with van der Waals surface area (Å²) >= 11 is 0. The van der Waals surface area contributed by atoms with Crippen LogP contribution in [0.5, 0.6) is 0 Å². The maximum atomic E-state index is 13.2. The molecule has 0 aromatic carbocycles. The summed E-state index contributed by atoms with van der Waals surface area (Å²) in [5.41, 5.74) is -1.87. The molecule has 1 aliphatic rings. The summed E-state index contributed by atoms with van der Waals surface area (Å²) in [6, 6.07) is 2.89. The van der Waals surface area contributed by atoms with Gasteiger partial charge in [0.2, 0.25) is 0 Å². The number of nitrogens with one attached hydrogen (secondary N) is 2. The van der Waals surface area contributed by atoms with Crippen LogP contribution >= 0.6 is 0 Å². The largest absolute Gasteiger partial charge is 0.421 e. The molecule has 4 rings (SSSR count). The first-order valence-corrected chi connectivity index (χ1v) is 9.32. The van der Waals surface area contributed by atoms with Gasteiger partial charge in [0, 0.05) is 24.3 Å². The van der Waals surface area contributed by atoms with E-state index in [1.807, 2.05) is 0 Å². The lowest BCUT2D eigenvalue weighted by Crippen LogP contribution is -2.39. The van der Waals surface area contributed by atoms with Crippen molar-refractivity contribution in [2.45, 2.75) is 37.6 Å². The first kappa shape index (κ1) is 19.6. The van der Waals surface area contributed by atoms with E-state index in [4.69, 9.17) is 0 Å². The van der Waals surface area contributed by atoms with Gasteiger partial charge >= 0.3 is 6.18 Å². The fraction of sp³-hybridized carbons (Fsp3) is 0.421. The van der Waals surface area contributed by atoms with Crippen LogP contribution in [0, 0.1) is 0 Å². The molecule has 0 saturated carbocycles. The van der Waals surface area contributed by atoms with Crippen molar-refractivity contribution in [3.05, 3.63) is 42.5 Å². The Morgan fingerprint density at radius 3 is 2.79 bits per heavy atom. The number of hydrogen-bond acceptors (Lipinski definition) is 6. The van der Waals surface area contributed by atoms with Crippen molar-refractivity contribution in [2.75, 3.05) is 18.4 Å². The molecule has 0 amide bonds. The number of nitrogens with zero attached hydrogens (tertiary/aromatic N) is 4. The van der Waals surface area contributed by atoms with Gasteiger partial charge in [0.05, 0.1) is 24.3 Å². The van der Waals surface area contributed by atoms with E-state index in [2.05, 4.69) is 25.6 Å². The first-order valence-electron chi connectivity index (χ1n) is 9.32. The molecular weight excluding hydrogens is 385 g/mol. The molecule has 4 heterocycles. The Morgan fingerprint density at radius 1 is 1.24 bits per heavy atom. The SMILES string of the molecule is C[C@](O)(c1ccc2ncc(-c3cncc(NC4CCCNC4)n3)n2c1)C(F)(F)F. The van der Waals surface area contributed by atoms with Crippen molar-refractivity contribution in [1.82, 2.24) is 24.7 Å². The zero-order valence-corrected chi connectivity index (χ0v) is 15.7. The third-order valence-corrected chi connectivity index (χ3v) is 5.17. The molecule has 0 bridgehead atoms. The van der Waals surface area contributed by atoms with Crippen molar-refractivity contribution in [3.63, 3.8) is 0 Å². The van der Waals surface area contributed by atoms with Gasteiger partial charge in [0.25, 0.3) is 0 Å². The number of aromatic nitrogens is 4. The van der Waals surface area contributed by atoms with Crippen molar-refractivity contribution >= 4 is 11.5 Å². The number of halogens is 3. The van der Waals surface area contributed by atoms with Gasteiger partial charge in [0.1, 0.15) is 17.2 Å². The Bertz CT molecular complexity index is 1010. The monoisotopic (exact) mass is 406 g/mol. The number of alkyl halides is 3. The molecule has 3 aromatic heterocycles. The van der Waals surface area contributed by atoms with Crippen LogP contribution in [0.1, 0.15) is 25.3 Å². The number of piperidine rings is 1. The Hall–Kier alpha value is -2.72. The molecule has 29 heavy (non-hydrogen) atoms. The first-order chi connectivity index (χ1) is 13.8. The number of imidazole rings is 1. The summed E-state index contributed by atoms with van der Waals surface area (Å²) in [6.07, 6.45) is 3.18. The van der Waals surface area contributed by atoms with Gasteiger partial charge in [-0.05, 0) is 32.4 Å². The van der Waals surface area contributed by atoms with E-state index in [0.717, 1.165) is 32.9 Å². The van der Waals surface area contributed by atoms with Crippen LogP contribution in [0.2, 0.25) is 0 Å². The fourth-order valence-electron chi connectivity index (χ4n) is 3.36. The fourth-order valence-corrected chi connectivity index (χ4v) is 3.36. The average molecular weight is 406 g/mol. The Labute approximate surface area is 165 Å². The van der Waals surface area contributed by atoms with Crippen LogP contribution in [0.15, 0.2) is 36.9 Å². The molecule has 7 nitrogen and oxygen atoms in total. The smallest absolute Gasteiger partial charge is 0.376 e. The highest BCUT2D eigenvalue weighted by Crippen LogP contribution is 2.38. The van der Waals surface area contributed by atoms with E-state index < -0.39 is 11.8 Å². The summed E-state index contributed by atoms with van der Waals surface area (Å²) < 4.78 is 41.2. The Balaban J connectivity index is 1.69. The molecule has 154 valence electrons. The van der Waals surface area contributed by atoms with Gasteiger partial charge in [0.15, 0.2) is 5.60 Å². The minimum absolute atomic E-state index is 0.240. The van der Waals surface area contributed by atoms with E-state index in [1.165, 1.54) is 35.1 Å². The molecule has 2 atom stereocenters. The quantitative estimate of drug-likeness (QED) is 0.618. The van der Waals surface area contributed by atoms with E-state index >= 15 is 0 Å². The number of hydrogen-bond donors (Lipinski definition) is 3. The molecule has 1 aliphatic heterocycles. The minimum Gasteiger partial charge on any atom is -0.376 e. The summed E-state index contributed by atoms with van der Waals surface area (Å²) in [5, 5.41) is 16.7. The van der Waals surface area contributed by atoms with Gasteiger partial charge in [-0.25, -0.2) is 9.97 Å². The second-order valence-corrected chi connectivity index (χ2v) is 7.34. The Kier molecular flexibility index (Phi) is 4.91. The number of aliphatic hydroxyl groups is 1. The summed E-state index contributed by atoms with van der Waals surface area (Å²) in [4.78, 5) is 13.0. The molecule has 10 heteroatoms. The number of pyridine rings is 1. The molecule has 1 unspecified atom stereocenters. The van der Waals surface area contributed by atoms with Crippen LogP contribution in [0.3, 0.4) is 0 Å². The summed E-state index contributed by atoms with van der Waals surface area (Å²) in [5.74, 6) is 0.588. The molecular formula is C19H21F3N6O. The van der Waals surface area contributed by atoms with E-state index in [9.17, 15) is 18.3 Å². The number of fused-ring (bicyclic) bond motifs is 1. The molecule has 1 fully saturated rings. The highest BCUT2D eigenvalue weighted by molar-refractivity contribution is 5.61. The zero-order valence-electron chi connectivity index (χ0n) is 15.7. The predicted octanol–water partition coefficient (Wildman–Crippen LogP) is 2.73. The van der Waals surface area contributed by atoms with Crippen LogP contribution < -0.4 is 10.6 Å². The van der Waals surface area contributed by atoms with Gasteiger partial charge < -0.3 is 15.7 Å². The predicted molar refractivity (Wildman–Crippen MR) is 101 cm³/mol. The van der Waals surface area contributed by atoms with E-state index in [0.29, 0.717) is 22.9 Å². The second kappa shape index (κ2) is 7.27. The topological polar surface area (TPSA) is 87.4 Å². The van der Waals surface area contributed by atoms with Crippen LogP contribution in [-0.2, 0) is 5.60 Å². The molecule has 3 aromatic rings. The molecule has 3 N–H and O–H groups in total. The van der Waals surface area contributed by atoms with Crippen molar-refractivity contribution < 1.29 is 18.3 Å². The lowest BCUT2D eigenvalue weighted by molar-refractivity contribution is -0.259. The lowest BCUT2D eigenvalue weighted by atomic mass is 9.97. The van der Waals surface area contributed by atoms with Crippen molar-refractivity contribution in [1.29, 1.82) is 0 Å². The molecule has 1 saturated heterocycles. The van der Waals surface area contributed by atoms with E-state index in [-0.39, 0.29) is 11.6 Å². The molecule has 0 spiro atoms. The number of anilines is 1. The van der Waals surface area contributed by atoms with Gasteiger partial charge in [-0.1, -0.05) is 6.07 Å². The summed E-state index contributed by atoms with van der Waals surface area (Å²) in [7, 11) is 0.